The molecule has 1 fully saturated rings. The number of anilines is 1. The number of nitrogens with one attached hydrogen (secondary N) is 3. The quantitative estimate of drug-likeness (QED) is 0.317. The maximum absolute atomic E-state index is 14.2. The van der Waals surface area contributed by atoms with Gasteiger partial charge in [-0.3, -0.25) is 14.4 Å². The van der Waals surface area contributed by atoms with Crippen LogP contribution in [0.1, 0.15) is 38.4 Å². The van der Waals surface area contributed by atoms with E-state index in [2.05, 4.69) is 20.7 Å². The predicted octanol–water partition coefficient (Wildman–Crippen LogP) is 3.11. The molecule has 0 saturated carbocycles. The molecular weight excluding hydrogens is 503 g/mol. The Labute approximate surface area is 200 Å². The van der Waals surface area contributed by atoms with E-state index < -0.39 is 71.0 Å². The molecule has 4 atom stereocenters. The first-order chi connectivity index (χ1) is 16.3. The maximum atomic E-state index is 14.2. The van der Waals surface area contributed by atoms with Crippen molar-refractivity contribution in [2.75, 3.05) is 5.32 Å². The molecule has 15 heteroatoms. The van der Waals surface area contributed by atoms with E-state index in [0.717, 1.165) is 23.2 Å². The van der Waals surface area contributed by atoms with Crippen LogP contribution in [0.2, 0.25) is 5.02 Å². The molecule has 0 aliphatic carbocycles. The monoisotopic (exact) mass is 522 g/mol. The van der Waals surface area contributed by atoms with Crippen LogP contribution in [0.3, 0.4) is 0 Å². The van der Waals surface area contributed by atoms with Gasteiger partial charge < -0.3 is 15.5 Å². The molecule has 9 nitrogen and oxygen atoms in total. The predicted molar refractivity (Wildman–Crippen MR) is 112 cm³/mol. The van der Waals surface area contributed by atoms with Gasteiger partial charge in [-0.15, -0.1) is 0 Å². The van der Waals surface area contributed by atoms with Gasteiger partial charge in [-0.1, -0.05) is 11.6 Å². The van der Waals surface area contributed by atoms with Gasteiger partial charge in [0, 0.05) is 12.1 Å². The largest absolute Gasteiger partial charge is 0.391 e. The molecule has 3 rings (SSSR count). The van der Waals surface area contributed by atoms with Gasteiger partial charge in [-0.25, -0.2) is 8.78 Å². The number of aromatic nitrogens is 3. The topological polar surface area (TPSA) is 120 Å². The van der Waals surface area contributed by atoms with Crippen molar-refractivity contribution in [3.05, 3.63) is 40.7 Å². The van der Waals surface area contributed by atoms with Crippen LogP contribution in [0.15, 0.2) is 18.3 Å². The highest BCUT2D eigenvalue weighted by atomic mass is 35.5. The van der Waals surface area contributed by atoms with Crippen molar-refractivity contribution in [1.82, 2.24) is 25.6 Å². The summed E-state index contributed by atoms with van der Waals surface area (Å²) in [7, 11) is 0. The lowest BCUT2D eigenvalue weighted by Crippen LogP contribution is -2.49. The molecule has 35 heavy (non-hydrogen) atoms. The van der Waals surface area contributed by atoms with Crippen molar-refractivity contribution in [3.8, 4) is 0 Å². The summed E-state index contributed by atoms with van der Waals surface area (Å²) in [6.07, 6.45) is -5.09. The lowest BCUT2D eigenvalue weighted by molar-refractivity contribution is -0.152. The minimum atomic E-state index is -4.67. The van der Waals surface area contributed by atoms with Gasteiger partial charge >= 0.3 is 18.0 Å². The highest BCUT2D eigenvalue weighted by molar-refractivity contribution is 6.35. The molecule has 0 bridgehead atoms. The van der Waals surface area contributed by atoms with Gasteiger partial charge in [-0.2, -0.15) is 28.6 Å². The Morgan fingerprint density at radius 3 is 2.54 bits per heavy atom. The zero-order chi connectivity index (χ0) is 26.1. The molecule has 1 aliphatic rings. The van der Waals surface area contributed by atoms with Crippen LogP contribution in [-0.4, -0.2) is 56.3 Å². The van der Waals surface area contributed by atoms with E-state index in [9.17, 15) is 36.3 Å². The zero-order valence-corrected chi connectivity index (χ0v) is 19.0. The number of nitrogens with zero attached hydrogens (tertiary/aromatic N) is 3. The fourth-order valence-electron chi connectivity index (χ4n) is 4.01. The molecule has 0 unspecified atom stereocenters. The summed E-state index contributed by atoms with van der Waals surface area (Å²) in [5.74, 6) is -6.26. The standard InChI is InChI=1S/C20H20ClF5N6O3/c1-8-5-10(17(33)28-12-4-3-11(22)15(21)16(12)23)9(2)32(8)19(35)18(34)29-13(6-20(24,25)26)14-7-27-31-30-14/h3-4,7-10,13H,5-6H2,1-2H3,(H,28,33)(H,29,34)(H,27,30,31)/t8-,9-,10-,13+/m0/s1. The fourth-order valence-corrected chi connectivity index (χ4v) is 4.17. The van der Waals surface area contributed by atoms with E-state index in [1.807, 2.05) is 5.32 Å². The molecule has 0 radical (unpaired) electrons. The number of hydrogen-bond donors (Lipinski definition) is 3. The second kappa shape index (κ2) is 10.1. The molecule has 3 N–H and O–H groups in total. The molecular formula is C20H20ClF5N6O3. The van der Waals surface area contributed by atoms with Crippen LogP contribution >= 0.6 is 11.6 Å². The van der Waals surface area contributed by atoms with E-state index in [4.69, 9.17) is 11.6 Å². The van der Waals surface area contributed by atoms with E-state index in [1.165, 1.54) is 6.92 Å². The van der Waals surface area contributed by atoms with Crippen molar-refractivity contribution in [2.45, 2.75) is 51.0 Å². The summed E-state index contributed by atoms with van der Waals surface area (Å²) < 4.78 is 66.4. The SMILES string of the molecule is C[C@H]1C[C@H](C(=O)Nc2ccc(F)c(Cl)c2F)[C@H](C)N1C(=O)C(=O)N[C@H](CC(F)(F)F)c1cn[nH]n1. The van der Waals surface area contributed by atoms with Crippen LogP contribution in [0.4, 0.5) is 27.6 Å². The van der Waals surface area contributed by atoms with Crippen molar-refractivity contribution < 1.29 is 36.3 Å². The highest BCUT2D eigenvalue weighted by Crippen LogP contribution is 2.33. The Hall–Kier alpha value is -3.29. The molecule has 1 aromatic heterocycles. The van der Waals surface area contributed by atoms with Crippen molar-refractivity contribution >= 4 is 35.0 Å². The number of likely N-dealkylation sites (tertiary alicyclic amines) is 1. The summed E-state index contributed by atoms with van der Waals surface area (Å²) in [6.45, 7) is 3.02. The maximum Gasteiger partial charge on any atom is 0.391 e. The van der Waals surface area contributed by atoms with Crippen molar-refractivity contribution in [3.63, 3.8) is 0 Å². The number of halogens is 6. The number of H-pyrrole nitrogens is 1. The Morgan fingerprint density at radius 2 is 1.94 bits per heavy atom. The van der Waals surface area contributed by atoms with Crippen molar-refractivity contribution in [1.29, 1.82) is 0 Å². The van der Waals surface area contributed by atoms with E-state index >= 15 is 0 Å². The summed E-state index contributed by atoms with van der Waals surface area (Å²) in [4.78, 5) is 39.2. The second-order valence-corrected chi connectivity index (χ2v) is 8.47. The second-order valence-electron chi connectivity index (χ2n) is 8.10. The molecule has 1 saturated heterocycles. The Balaban J connectivity index is 1.71. The number of benzene rings is 1. The third-order valence-corrected chi connectivity index (χ3v) is 6.03. The van der Waals surface area contributed by atoms with E-state index in [-0.39, 0.29) is 17.8 Å². The van der Waals surface area contributed by atoms with Gasteiger partial charge in [0.2, 0.25) is 5.91 Å². The summed E-state index contributed by atoms with van der Waals surface area (Å²) in [5, 5.41) is 12.6. The lowest BCUT2D eigenvalue weighted by atomic mass is 9.99. The number of rotatable bonds is 5. The van der Waals surface area contributed by atoms with Crippen molar-refractivity contribution in [2.24, 2.45) is 5.92 Å². The first-order valence-electron chi connectivity index (χ1n) is 10.3. The van der Waals surface area contributed by atoms with Crippen LogP contribution in [0.5, 0.6) is 0 Å². The van der Waals surface area contributed by atoms with Gasteiger partial charge in [0.15, 0.2) is 5.82 Å². The molecule has 2 aromatic rings. The Kier molecular flexibility index (Phi) is 7.62. The molecule has 3 amide bonds. The molecule has 0 spiro atoms. The number of carbonyl (C=O) groups is 3. The number of amides is 3. The average Bonchev–Trinajstić information content (AvgIpc) is 3.40. The number of alkyl halides is 3. The van der Waals surface area contributed by atoms with Crippen LogP contribution in [0.25, 0.3) is 0 Å². The molecule has 1 aromatic carbocycles. The van der Waals surface area contributed by atoms with Gasteiger partial charge in [0.25, 0.3) is 0 Å². The third kappa shape index (κ3) is 5.86. The average molecular weight is 523 g/mol. The number of aromatic amines is 1. The minimum Gasteiger partial charge on any atom is -0.339 e. The van der Waals surface area contributed by atoms with Gasteiger partial charge in [0.05, 0.1) is 30.3 Å². The molecule has 190 valence electrons. The third-order valence-electron chi connectivity index (χ3n) is 5.68. The molecule has 2 heterocycles. The Morgan fingerprint density at radius 1 is 1.26 bits per heavy atom. The smallest absolute Gasteiger partial charge is 0.339 e. The molecule has 1 aliphatic heterocycles. The van der Waals surface area contributed by atoms with E-state index in [0.29, 0.717) is 0 Å². The summed E-state index contributed by atoms with van der Waals surface area (Å²) in [6, 6.07) is -1.32. The van der Waals surface area contributed by atoms with Gasteiger partial charge in [0.1, 0.15) is 16.5 Å². The van der Waals surface area contributed by atoms with Gasteiger partial charge in [-0.05, 0) is 32.4 Å². The fraction of sp³-hybridized carbons (Fsp3) is 0.450. The highest BCUT2D eigenvalue weighted by Gasteiger charge is 2.45. The van der Waals surface area contributed by atoms with Crippen LogP contribution in [0, 0.1) is 17.6 Å². The number of carbonyl (C=O) groups excluding carboxylic acids is 3. The first-order valence-corrected chi connectivity index (χ1v) is 10.7. The lowest BCUT2D eigenvalue weighted by Gasteiger charge is -2.28. The minimum absolute atomic E-state index is 0.0812. The summed E-state index contributed by atoms with van der Waals surface area (Å²) in [5.41, 5.74) is -0.588. The van der Waals surface area contributed by atoms with Crippen LogP contribution in [-0.2, 0) is 14.4 Å². The summed E-state index contributed by atoms with van der Waals surface area (Å²) >= 11 is 5.52. The van der Waals surface area contributed by atoms with E-state index in [1.54, 1.807) is 6.92 Å². The normalized spacial score (nSPS) is 21.0. The zero-order valence-electron chi connectivity index (χ0n) is 18.3. The van der Waals surface area contributed by atoms with Crippen LogP contribution < -0.4 is 10.6 Å². The first kappa shape index (κ1) is 26.3. The Bertz CT molecular complexity index is 1110. The number of hydrogen-bond acceptors (Lipinski definition) is 5.